The first kappa shape index (κ1) is 18.1. The first-order valence-corrected chi connectivity index (χ1v) is 8.39. The number of anilines is 2. The maximum Gasteiger partial charge on any atom is 0.354 e. The molecule has 138 valence electrons. The SMILES string of the molecule is CCCNc1ncnc(NNC(=O)c2cccc3ccccc23)c1[N+](=O)[O-]. The van der Waals surface area contributed by atoms with Crippen LogP contribution in [0.15, 0.2) is 48.8 Å². The average molecular weight is 366 g/mol. The molecule has 0 radical (unpaired) electrons. The molecule has 1 heterocycles. The molecule has 3 rings (SSSR count). The third-order valence-corrected chi connectivity index (χ3v) is 3.88. The van der Waals surface area contributed by atoms with E-state index in [0.717, 1.165) is 17.2 Å². The number of amides is 1. The number of benzene rings is 2. The predicted octanol–water partition coefficient (Wildman–Crippen LogP) is 3.12. The first-order chi connectivity index (χ1) is 13.1. The zero-order chi connectivity index (χ0) is 19.2. The summed E-state index contributed by atoms with van der Waals surface area (Å²) in [6.07, 6.45) is 1.97. The number of carbonyl (C=O) groups is 1. The molecule has 0 aliphatic carbocycles. The Hall–Kier alpha value is -3.75. The van der Waals surface area contributed by atoms with Gasteiger partial charge in [-0.25, -0.2) is 9.97 Å². The van der Waals surface area contributed by atoms with Gasteiger partial charge in [0.05, 0.1) is 4.92 Å². The molecule has 9 heteroatoms. The molecule has 0 aliphatic rings. The molecule has 2 aromatic carbocycles. The van der Waals surface area contributed by atoms with Crippen molar-refractivity contribution in [2.24, 2.45) is 0 Å². The lowest BCUT2D eigenvalue weighted by atomic mass is 10.0. The molecule has 0 aliphatic heterocycles. The van der Waals surface area contributed by atoms with Crippen LogP contribution in [0.1, 0.15) is 23.7 Å². The number of nitrogens with zero attached hydrogens (tertiary/aromatic N) is 3. The second kappa shape index (κ2) is 8.09. The zero-order valence-electron chi connectivity index (χ0n) is 14.6. The second-order valence-electron chi connectivity index (χ2n) is 5.71. The normalized spacial score (nSPS) is 10.4. The largest absolute Gasteiger partial charge is 0.364 e. The Labute approximate surface area is 155 Å². The van der Waals surface area contributed by atoms with E-state index in [1.807, 2.05) is 37.3 Å². The van der Waals surface area contributed by atoms with E-state index in [2.05, 4.69) is 26.1 Å². The number of rotatable bonds is 7. The van der Waals surface area contributed by atoms with E-state index < -0.39 is 10.8 Å². The summed E-state index contributed by atoms with van der Waals surface area (Å²) in [7, 11) is 0. The van der Waals surface area contributed by atoms with Crippen LogP contribution < -0.4 is 16.2 Å². The van der Waals surface area contributed by atoms with E-state index >= 15 is 0 Å². The Balaban J connectivity index is 1.84. The number of hydrogen-bond donors (Lipinski definition) is 3. The second-order valence-corrected chi connectivity index (χ2v) is 5.71. The number of nitrogens with one attached hydrogen (secondary N) is 3. The first-order valence-electron chi connectivity index (χ1n) is 8.39. The van der Waals surface area contributed by atoms with Gasteiger partial charge in [-0.3, -0.25) is 25.8 Å². The molecule has 9 nitrogen and oxygen atoms in total. The number of fused-ring (bicyclic) bond motifs is 1. The van der Waals surface area contributed by atoms with Crippen molar-refractivity contribution in [2.45, 2.75) is 13.3 Å². The van der Waals surface area contributed by atoms with Crippen LogP contribution in [-0.4, -0.2) is 27.3 Å². The van der Waals surface area contributed by atoms with Gasteiger partial charge in [0.1, 0.15) is 6.33 Å². The van der Waals surface area contributed by atoms with Crippen molar-refractivity contribution in [3.05, 3.63) is 64.5 Å². The van der Waals surface area contributed by atoms with Crippen molar-refractivity contribution < 1.29 is 9.72 Å². The van der Waals surface area contributed by atoms with E-state index in [1.165, 1.54) is 6.33 Å². The van der Waals surface area contributed by atoms with Crippen LogP contribution in [0.4, 0.5) is 17.3 Å². The van der Waals surface area contributed by atoms with Crippen LogP contribution in [0.25, 0.3) is 10.8 Å². The summed E-state index contributed by atoms with van der Waals surface area (Å²) in [6, 6.07) is 12.8. The third kappa shape index (κ3) is 3.92. The molecule has 0 saturated carbocycles. The fourth-order valence-electron chi connectivity index (χ4n) is 2.62. The number of nitro groups is 1. The number of hydrogen-bond acceptors (Lipinski definition) is 7. The van der Waals surface area contributed by atoms with Gasteiger partial charge in [0, 0.05) is 12.1 Å². The van der Waals surface area contributed by atoms with E-state index in [9.17, 15) is 14.9 Å². The monoisotopic (exact) mass is 366 g/mol. The van der Waals surface area contributed by atoms with Crippen LogP contribution in [0.3, 0.4) is 0 Å². The van der Waals surface area contributed by atoms with Crippen molar-refractivity contribution in [1.82, 2.24) is 15.4 Å². The van der Waals surface area contributed by atoms with Crippen LogP contribution in [-0.2, 0) is 0 Å². The Bertz CT molecular complexity index is 986. The van der Waals surface area contributed by atoms with Crippen molar-refractivity contribution in [3.8, 4) is 0 Å². The fourth-order valence-corrected chi connectivity index (χ4v) is 2.62. The highest BCUT2D eigenvalue weighted by Crippen LogP contribution is 2.28. The lowest BCUT2D eigenvalue weighted by molar-refractivity contribution is -0.383. The average Bonchev–Trinajstić information content (AvgIpc) is 2.69. The van der Waals surface area contributed by atoms with Crippen LogP contribution in [0.5, 0.6) is 0 Å². The molecular formula is C18H18N6O3. The van der Waals surface area contributed by atoms with Crippen LogP contribution in [0, 0.1) is 10.1 Å². The minimum Gasteiger partial charge on any atom is -0.364 e. The lowest BCUT2D eigenvalue weighted by Gasteiger charge is -2.11. The highest BCUT2D eigenvalue weighted by Gasteiger charge is 2.23. The number of carbonyl (C=O) groups excluding carboxylic acids is 1. The third-order valence-electron chi connectivity index (χ3n) is 3.88. The molecule has 1 amide bonds. The Morgan fingerprint density at radius 3 is 2.63 bits per heavy atom. The minimum atomic E-state index is -0.593. The topological polar surface area (TPSA) is 122 Å². The van der Waals surface area contributed by atoms with Gasteiger partial charge < -0.3 is 5.32 Å². The molecule has 0 saturated heterocycles. The van der Waals surface area contributed by atoms with Gasteiger partial charge in [0.2, 0.25) is 11.6 Å². The van der Waals surface area contributed by atoms with Gasteiger partial charge in [-0.2, -0.15) is 0 Å². The van der Waals surface area contributed by atoms with E-state index in [1.54, 1.807) is 12.1 Å². The van der Waals surface area contributed by atoms with Crippen molar-refractivity contribution >= 4 is 34.0 Å². The van der Waals surface area contributed by atoms with Gasteiger partial charge in [0.25, 0.3) is 5.91 Å². The molecule has 27 heavy (non-hydrogen) atoms. The lowest BCUT2D eigenvalue weighted by Crippen LogP contribution is -2.30. The summed E-state index contributed by atoms with van der Waals surface area (Å²) >= 11 is 0. The molecule has 0 spiro atoms. The van der Waals surface area contributed by atoms with Gasteiger partial charge in [-0.15, -0.1) is 0 Å². The van der Waals surface area contributed by atoms with Gasteiger partial charge in [-0.05, 0) is 23.3 Å². The van der Waals surface area contributed by atoms with Crippen molar-refractivity contribution in [2.75, 3.05) is 17.3 Å². The Kier molecular flexibility index (Phi) is 5.41. The summed E-state index contributed by atoms with van der Waals surface area (Å²) in [5.74, 6) is -0.427. The molecule has 3 N–H and O–H groups in total. The maximum atomic E-state index is 12.6. The van der Waals surface area contributed by atoms with Crippen molar-refractivity contribution in [3.63, 3.8) is 0 Å². The van der Waals surface area contributed by atoms with Crippen LogP contribution >= 0.6 is 0 Å². The summed E-state index contributed by atoms with van der Waals surface area (Å²) < 4.78 is 0. The van der Waals surface area contributed by atoms with E-state index in [0.29, 0.717) is 12.1 Å². The van der Waals surface area contributed by atoms with E-state index in [4.69, 9.17) is 0 Å². The van der Waals surface area contributed by atoms with Gasteiger partial charge in [0.15, 0.2) is 0 Å². The highest BCUT2D eigenvalue weighted by molar-refractivity contribution is 6.07. The molecule has 0 unspecified atom stereocenters. The summed E-state index contributed by atoms with van der Waals surface area (Å²) in [4.78, 5) is 31.2. The summed E-state index contributed by atoms with van der Waals surface area (Å²) in [5, 5.41) is 16.0. The standard InChI is InChI=1S/C18H18N6O3/c1-2-10-19-16-15(24(26)27)17(21-11-20-16)22-23-18(25)14-9-5-7-12-6-3-4-8-13(12)14/h3-9,11H,2,10H2,1H3,(H,23,25)(H2,19,20,21,22). The molecule has 0 atom stereocenters. The summed E-state index contributed by atoms with van der Waals surface area (Å²) in [5.41, 5.74) is 5.13. The minimum absolute atomic E-state index is 0.0952. The fraction of sp³-hybridized carbons (Fsp3) is 0.167. The molecule has 3 aromatic rings. The summed E-state index contributed by atoms with van der Waals surface area (Å²) in [6.45, 7) is 2.46. The van der Waals surface area contributed by atoms with Crippen LogP contribution in [0.2, 0.25) is 0 Å². The molecule has 0 fully saturated rings. The Morgan fingerprint density at radius 1 is 1.11 bits per heavy atom. The zero-order valence-corrected chi connectivity index (χ0v) is 14.6. The smallest absolute Gasteiger partial charge is 0.354 e. The molecular weight excluding hydrogens is 348 g/mol. The number of hydrazine groups is 1. The van der Waals surface area contributed by atoms with Crippen molar-refractivity contribution in [1.29, 1.82) is 0 Å². The van der Waals surface area contributed by atoms with Gasteiger partial charge in [-0.1, -0.05) is 43.3 Å². The molecule has 0 bridgehead atoms. The predicted molar refractivity (Wildman–Crippen MR) is 103 cm³/mol. The Morgan fingerprint density at radius 2 is 1.85 bits per heavy atom. The van der Waals surface area contributed by atoms with Gasteiger partial charge >= 0.3 is 5.69 Å². The van der Waals surface area contributed by atoms with E-state index in [-0.39, 0.29) is 17.3 Å². The maximum absolute atomic E-state index is 12.6. The quantitative estimate of drug-likeness (QED) is 0.434. The highest BCUT2D eigenvalue weighted by atomic mass is 16.6. The molecule has 1 aromatic heterocycles. The number of aromatic nitrogens is 2.